The maximum atomic E-state index is 13.6. The maximum absolute atomic E-state index is 13.6. The number of carbonyl (C=O) groups is 2. The number of carboxylic acids is 1. The molecule has 0 fully saturated rings. The molecule has 0 unspecified atom stereocenters. The van der Waals surface area contributed by atoms with Gasteiger partial charge >= 0.3 is 5.97 Å². The summed E-state index contributed by atoms with van der Waals surface area (Å²) < 4.78 is 14.9. The van der Waals surface area contributed by atoms with Crippen LogP contribution in [-0.2, 0) is 7.05 Å². The minimum absolute atomic E-state index is 0.0110. The average molecular weight is 297 g/mol. The summed E-state index contributed by atoms with van der Waals surface area (Å²) in [6.45, 7) is 0. The van der Waals surface area contributed by atoms with Gasteiger partial charge in [0.2, 0.25) is 0 Å². The minimum Gasteiger partial charge on any atom is -0.477 e. The number of anilines is 1. The Balaban J connectivity index is 2.23. The third kappa shape index (κ3) is 2.80. The first-order valence-corrected chi connectivity index (χ1v) is 5.92. The Morgan fingerprint density at radius 1 is 1.35 bits per heavy atom. The number of nitrogens with one attached hydrogen (secondary N) is 1. The predicted octanol–water partition coefficient (Wildman–Crippen LogP) is 2.77. The van der Waals surface area contributed by atoms with Gasteiger partial charge in [-0.2, -0.15) is 0 Å². The lowest BCUT2D eigenvalue weighted by molar-refractivity contribution is 0.0686. The Hall–Kier alpha value is -2.34. The van der Waals surface area contributed by atoms with E-state index in [1.54, 1.807) is 0 Å². The number of carboxylic acid groups (broad SMARTS) is 1. The van der Waals surface area contributed by atoms with Crippen molar-refractivity contribution in [3.05, 3.63) is 52.6 Å². The van der Waals surface area contributed by atoms with Crippen LogP contribution in [0.3, 0.4) is 0 Å². The lowest BCUT2D eigenvalue weighted by Gasteiger charge is -2.04. The van der Waals surface area contributed by atoms with Crippen LogP contribution >= 0.6 is 11.6 Å². The normalized spacial score (nSPS) is 10.3. The van der Waals surface area contributed by atoms with Crippen molar-refractivity contribution >= 4 is 29.2 Å². The fourth-order valence-corrected chi connectivity index (χ4v) is 1.88. The molecule has 2 aromatic rings. The SMILES string of the molecule is Cn1cc(NC(=O)c2ccc(Cl)cc2F)cc1C(=O)O. The monoisotopic (exact) mass is 296 g/mol. The largest absolute Gasteiger partial charge is 0.477 e. The van der Waals surface area contributed by atoms with E-state index in [9.17, 15) is 14.0 Å². The molecular weight excluding hydrogens is 287 g/mol. The number of aryl methyl sites for hydroxylation is 1. The van der Waals surface area contributed by atoms with Crippen molar-refractivity contribution < 1.29 is 19.1 Å². The quantitative estimate of drug-likeness (QED) is 0.915. The molecule has 0 spiro atoms. The van der Waals surface area contributed by atoms with E-state index in [2.05, 4.69) is 5.32 Å². The Kier molecular flexibility index (Phi) is 3.76. The zero-order valence-electron chi connectivity index (χ0n) is 10.4. The van der Waals surface area contributed by atoms with Gasteiger partial charge in [-0.3, -0.25) is 4.79 Å². The highest BCUT2D eigenvalue weighted by molar-refractivity contribution is 6.30. The number of amides is 1. The summed E-state index contributed by atoms with van der Waals surface area (Å²) in [6, 6.07) is 4.97. The molecule has 1 heterocycles. The van der Waals surface area contributed by atoms with Crippen molar-refractivity contribution in [1.82, 2.24) is 4.57 Å². The average Bonchev–Trinajstić information content (AvgIpc) is 2.70. The Morgan fingerprint density at radius 3 is 2.60 bits per heavy atom. The van der Waals surface area contributed by atoms with E-state index in [-0.39, 0.29) is 22.0 Å². The summed E-state index contributed by atoms with van der Waals surface area (Å²) in [5.74, 6) is -2.54. The Bertz CT molecular complexity index is 697. The Labute approximate surface area is 118 Å². The highest BCUT2D eigenvalue weighted by atomic mass is 35.5. The van der Waals surface area contributed by atoms with Crippen LogP contribution in [0.4, 0.5) is 10.1 Å². The van der Waals surface area contributed by atoms with Crippen molar-refractivity contribution in [2.24, 2.45) is 7.05 Å². The molecule has 1 amide bonds. The smallest absolute Gasteiger partial charge is 0.352 e. The number of rotatable bonds is 3. The van der Waals surface area contributed by atoms with Crippen LogP contribution in [-0.4, -0.2) is 21.6 Å². The van der Waals surface area contributed by atoms with Crippen molar-refractivity contribution in [3.63, 3.8) is 0 Å². The molecule has 0 saturated heterocycles. The van der Waals surface area contributed by atoms with Gasteiger partial charge in [-0.1, -0.05) is 11.6 Å². The van der Waals surface area contributed by atoms with Crippen LogP contribution in [0.25, 0.3) is 0 Å². The third-order valence-electron chi connectivity index (χ3n) is 2.66. The first-order chi connectivity index (χ1) is 9.38. The van der Waals surface area contributed by atoms with Gasteiger partial charge in [-0.15, -0.1) is 0 Å². The molecule has 20 heavy (non-hydrogen) atoms. The highest BCUT2D eigenvalue weighted by Gasteiger charge is 2.15. The van der Waals surface area contributed by atoms with Crippen LogP contribution in [0.1, 0.15) is 20.8 Å². The van der Waals surface area contributed by atoms with Crippen LogP contribution in [0.15, 0.2) is 30.5 Å². The number of aromatic carboxylic acids is 1. The van der Waals surface area contributed by atoms with E-state index in [1.165, 1.54) is 36.0 Å². The van der Waals surface area contributed by atoms with E-state index >= 15 is 0 Å². The topological polar surface area (TPSA) is 71.3 Å². The molecule has 104 valence electrons. The molecule has 0 bridgehead atoms. The molecular formula is C13H10ClFN2O3. The Morgan fingerprint density at radius 2 is 2.05 bits per heavy atom. The van der Waals surface area contributed by atoms with E-state index in [1.807, 2.05) is 0 Å². The van der Waals surface area contributed by atoms with Crippen LogP contribution in [0, 0.1) is 5.82 Å². The van der Waals surface area contributed by atoms with Crippen LogP contribution in [0.5, 0.6) is 0 Å². The second-order valence-corrected chi connectivity index (χ2v) is 4.54. The minimum atomic E-state index is -1.12. The number of benzene rings is 1. The summed E-state index contributed by atoms with van der Waals surface area (Å²) in [7, 11) is 1.53. The number of hydrogen-bond acceptors (Lipinski definition) is 2. The van der Waals surface area contributed by atoms with Crippen molar-refractivity contribution in [1.29, 1.82) is 0 Å². The molecule has 0 aliphatic carbocycles. The van der Waals surface area contributed by atoms with Crippen molar-refractivity contribution in [2.45, 2.75) is 0 Å². The third-order valence-corrected chi connectivity index (χ3v) is 2.89. The molecule has 2 rings (SSSR count). The van der Waals surface area contributed by atoms with Gasteiger partial charge in [0.15, 0.2) is 0 Å². The summed E-state index contributed by atoms with van der Waals surface area (Å²) in [5, 5.41) is 11.5. The highest BCUT2D eigenvalue weighted by Crippen LogP contribution is 2.18. The van der Waals surface area contributed by atoms with Crippen LogP contribution < -0.4 is 5.32 Å². The fraction of sp³-hybridized carbons (Fsp3) is 0.0769. The van der Waals surface area contributed by atoms with Gasteiger partial charge in [0.1, 0.15) is 11.5 Å². The van der Waals surface area contributed by atoms with Crippen molar-refractivity contribution in [2.75, 3.05) is 5.32 Å². The second kappa shape index (κ2) is 5.34. The van der Waals surface area contributed by atoms with Gasteiger partial charge in [-0.05, 0) is 24.3 Å². The first-order valence-electron chi connectivity index (χ1n) is 5.54. The lowest BCUT2D eigenvalue weighted by atomic mass is 10.2. The number of carbonyl (C=O) groups excluding carboxylic acids is 1. The second-order valence-electron chi connectivity index (χ2n) is 4.11. The zero-order chi connectivity index (χ0) is 14.9. The molecule has 0 atom stereocenters. The molecule has 2 N–H and O–H groups in total. The fourth-order valence-electron chi connectivity index (χ4n) is 1.72. The van der Waals surface area contributed by atoms with Crippen LogP contribution in [0.2, 0.25) is 5.02 Å². The molecule has 0 aliphatic rings. The zero-order valence-corrected chi connectivity index (χ0v) is 11.1. The number of halogens is 2. The molecule has 1 aromatic carbocycles. The molecule has 1 aromatic heterocycles. The molecule has 0 aliphatic heterocycles. The number of aromatic nitrogens is 1. The van der Waals surface area contributed by atoms with Gasteiger partial charge in [0.05, 0.1) is 11.3 Å². The van der Waals surface area contributed by atoms with E-state index in [4.69, 9.17) is 16.7 Å². The number of hydrogen-bond donors (Lipinski definition) is 2. The van der Waals surface area contributed by atoms with E-state index in [0.29, 0.717) is 0 Å². The summed E-state index contributed by atoms with van der Waals surface area (Å²) >= 11 is 5.60. The summed E-state index contributed by atoms with van der Waals surface area (Å²) in [4.78, 5) is 22.8. The van der Waals surface area contributed by atoms with Gasteiger partial charge in [0, 0.05) is 18.3 Å². The molecule has 7 heteroatoms. The standard InChI is InChI=1S/C13H10ClFN2O3/c1-17-6-8(5-11(17)13(19)20)16-12(18)9-3-2-7(14)4-10(9)15/h2-6H,1H3,(H,16,18)(H,19,20). The summed E-state index contributed by atoms with van der Waals surface area (Å²) in [5.41, 5.74) is 0.108. The van der Waals surface area contributed by atoms with Gasteiger partial charge in [-0.25, -0.2) is 9.18 Å². The van der Waals surface area contributed by atoms with E-state index < -0.39 is 17.7 Å². The first kappa shape index (κ1) is 14.1. The molecule has 0 saturated carbocycles. The molecule has 0 radical (unpaired) electrons. The number of nitrogens with zero attached hydrogens (tertiary/aromatic N) is 1. The van der Waals surface area contributed by atoms with Crippen molar-refractivity contribution in [3.8, 4) is 0 Å². The summed E-state index contributed by atoms with van der Waals surface area (Å²) in [6.07, 6.45) is 1.43. The van der Waals surface area contributed by atoms with E-state index in [0.717, 1.165) is 6.07 Å². The van der Waals surface area contributed by atoms with Gasteiger partial charge < -0.3 is 15.0 Å². The maximum Gasteiger partial charge on any atom is 0.352 e. The lowest BCUT2D eigenvalue weighted by Crippen LogP contribution is -2.13. The van der Waals surface area contributed by atoms with Gasteiger partial charge in [0.25, 0.3) is 5.91 Å². The molecule has 5 nitrogen and oxygen atoms in total. The predicted molar refractivity (Wildman–Crippen MR) is 71.7 cm³/mol.